The van der Waals surface area contributed by atoms with Crippen LogP contribution in [0.4, 0.5) is 8.78 Å². The summed E-state index contributed by atoms with van der Waals surface area (Å²) in [5.41, 5.74) is 8.22. The number of hydrogen-bond donors (Lipinski definition) is 1. The van der Waals surface area contributed by atoms with Crippen molar-refractivity contribution in [1.82, 2.24) is 4.90 Å². The maximum Gasteiger partial charge on any atom is 0.387 e. The highest BCUT2D eigenvalue weighted by Crippen LogP contribution is 2.35. The predicted octanol–water partition coefficient (Wildman–Crippen LogP) is 4.04. The van der Waals surface area contributed by atoms with Gasteiger partial charge in [-0.2, -0.15) is 8.78 Å². The average Bonchev–Trinajstić information content (AvgIpc) is 2.99. The molecule has 0 radical (unpaired) electrons. The van der Waals surface area contributed by atoms with Crippen LogP contribution in [0, 0.1) is 0 Å². The minimum Gasteiger partial charge on any atom is -0.490 e. The molecule has 2 atom stereocenters. The van der Waals surface area contributed by atoms with Crippen LogP contribution < -0.4 is 15.2 Å². The number of ether oxygens (including phenoxy) is 2. The lowest BCUT2D eigenvalue weighted by Crippen LogP contribution is -2.28. The Bertz CT molecular complexity index is 718. The second-order valence-corrected chi connectivity index (χ2v) is 6.43. The molecule has 4 nitrogen and oxygen atoms in total. The summed E-state index contributed by atoms with van der Waals surface area (Å²) >= 11 is 0. The van der Waals surface area contributed by atoms with Crippen molar-refractivity contribution in [3.8, 4) is 11.5 Å². The zero-order valence-electron chi connectivity index (χ0n) is 15.2. The Morgan fingerprint density at radius 1 is 1.11 bits per heavy atom. The molecule has 2 N–H and O–H groups in total. The highest BCUT2D eigenvalue weighted by atomic mass is 35.5. The Hall–Kier alpha value is -1.89. The molecule has 0 aromatic heterocycles. The maximum atomic E-state index is 12.9. The van der Waals surface area contributed by atoms with Crippen molar-refractivity contribution >= 4 is 12.4 Å². The lowest BCUT2D eigenvalue weighted by molar-refractivity contribution is -0.0523. The van der Waals surface area contributed by atoms with E-state index < -0.39 is 6.61 Å². The smallest absolute Gasteiger partial charge is 0.387 e. The topological polar surface area (TPSA) is 47.7 Å². The molecule has 148 valence electrons. The number of likely N-dealkylation sites (tertiary alicyclic amines) is 1. The lowest BCUT2D eigenvalue weighted by atomic mass is 9.95. The molecule has 3 rings (SSSR count). The van der Waals surface area contributed by atoms with E-state index in [4.69, 9.17) is 15.2 Å². The fraction of sp³-hybridized carbons (Fsp3) is 0.400. The molecule has 1 heterocycles. The molecule has 1 saturated heterocycles. The third kappa shape index (κ3) is 5.31. The van der Waals surface area contributed by atoms with Crippen molar-refractivity contribution < 1.29 is 18.3 Å². The molecule has 0 amide bonds. The molecule has 1 aliphatic rings. The summed E-state index contributed by atoms with van der Waals surface area (Å²) in [5, 5.41) is 0. The second kappa shape index (κ2) is 9.88. The van der Waals surface area contributed by atoms with Gasteiger partial charge in [-0.15, -0.1) is 12.4 Å². The van der Waals surface area contributed by atoms with Crippen molar-refractivity contribution in [2.75, 3.05) is 19.7 Å². The van der Waals surface area contributed by atoms with Gasteiger partial charge in [-0.05, 0) is 18.6 Å². The normalized spacial score (nSPS) is 19.7. The number of nitrogens with zero attached hydrogens (tertiary/aromatic N) is 1. The first-order valence-electron chi connectivity index (χ1n) is 8.80. The molecule has 2 aromatic carbocycles. The molecule has 0 saturated carbocycles. The Balaban J connectivity index is 0.00000261. The number of halogens is 3. The van der Waals surface area contributed by atoms with E-state index in [1.165, 1.54) is 5.56 Å². The van der Waals surface area contributed by atoms with Gasteiger partial charge >= 0.3 is 6.61 Å². The molecule has 7 heteroatoms. The molecule has 27 heavy (non-hydrogen) atoms. The number of alkyl halides is 2. The Labute approximate surface area is 164 Å². The Kier molecular flexibility index (Phi) is 7.83. The van der Waals surface area contributed by atoms with Crippen molar-refractivity contribution in [2.24, 2.45) is 5.73 Å². The zero-order chi connectivity index (χ0) is 18.5. The van der Waals surface area contributed by atoms with Gasteiger partial charge in [0.15, 0.2) is 11.5 Å². The minimum atomic E-state index is -2.90. The number of para-hydroxylation sites is 1. The van der Waals surface area contributed by atoms with E-state index in [0.29, 0.717) is 31.0 Å². The van der Waals surface area contributed by atoms with Crippen LogP contribution in [0.15, 0.2) is 48.5 Å². The van der Waals surface area contributed by atoms with E-state index in [0.717, 1.165) is 6.54 Å². The van der Waals surface area contributed by atoms with Gasteiger partial charge in [-0.3, -0.25) is 4.90 Å². The minimum absolute atomic E-state index is 0. The molecule has 1 aliphatic heterocycles. The van der Waals surface area contributed by atoms with Gasteiger partial charge in [-0.1, -0.05) is 42.5 Å². The van der Waals surface area contributed by atoms with Crippen molar-refractivity contribution in [1.29, 1.82) is 0 Å². The summed E-state index contributed by atoms with van der Waals surface area (Å²) < 4.78 is 36.0. The average molecular weight is 399 g/mol. The van der Waals surface area contributed by atoms with Gasteiger partial charge in [0, 0.05) is 37.2 Å². The first-order chi connectivity index (χ1) is 12.6. The fourth-order valence-corrected chi connectivity index (χ4v) is 3.51. The quantitative estimate of drug-likeness (QED) is 0.764. The van der Waals surface area contributed by atoms with E-state index in [1.54, 1.807) is 18.2 Å². The van der Waals surface area contributed by atoms with Crippen LogP contribution in [0.1, 0.15) is 24.0 Å². The van der Waals surface area contributed by atoms with E-state index in [1.807, 2.05) is 25.1 Å². The van der Waals surface area contributed by atoms with Crippen LogP contribution in [0.3, 0.4) is 0 Å². The third-order valence-electron chi connectivity index (χ3n) is 4.63. The van der Waals surface area contributed by atoms with Crippen LogP contribution in [0.5, 0.6) is 11.5 Å². The molecule has 0 bridgehead atoms. The van der Waals surface area contributed by atoms with Crippen LogP contribution in [0.2, 0.25) is 0 Å². The second-order valence-electron chi connectivity index (χ2n) is 6.43. The van der Waals surface area contributed by atoms with Gasteiger partial charge in [0.1, 0.15) is 0 Å². The van der Waals surface area contributed by atoms with Gasteiger partial charge in [0.2, 0.25) is 0 Å². The fourth-order valence-electron chi connectivity index (χ4n) is 3.51. The number of nitrogens with two attached hydrogens (primary N) is 1. The maximum absolute atomic E-state index is 12.9. The van der Waals surface area contributed by atoms with Gasteiger partial charge in [0.05, 0.1) is 6.61 Å². The van der Waals surface area contributed by atoms with Gasteiger partial charge in [0.25, 0.3) is 0 Å². The predicted molar refractivity (Wildman–Crippen MR) is 104 cm³/mol. The molecule has 0 unspecified atom stereocenters. The Morgan fingerprint density at radius 3 is 2.52 bits per heavy atom. The van der Waals surface area contributed by atoms with Crippen molar-refractivity contribution in [2.45, 2.75) is 32.0 Å². The van der Waals surface area contributed by atoms with Crippen molar-refractivity contribution in [3.63, 3.8) is 0 Å². The lowest BCUT2D eigenvalue weighted by Gasteiger charge is -2.20. The van der Waals surface area contributed by atoms with E-state index in [9.17, 15) is 8.78 Å². The Morgan fingerprint density at radius 2 is 1.85 bits per heavy atom. The summed E-state index contributed by atoms with van der Waals surface area (Å²) in [5.74, 6) is 0.681. The van der Waals surface area contributed by atoms with Crippen LogP contribution in [-0.2, 0) is 6.54 Å². The van der Waals surface area contributed by atoms with E-state index in [-0.39, 0.29) is 30.1 Å². The number of benzene rings is 2. The summed E-state index contributed by atoms with van der Waals surface area (Å²) in [4.78, 5) is 2.17. The summed E-state index contributed by atoms with van der Waals surface area (Å²) in [6.45, 7) is 1.26. The first-order valence-corrected chi connectivity index (χ1v) is 8.80. The monoisotopic (exact) mass is 398 g/mol. The van der Waals surface area contributed by atoms with Crippen LogP contribution in [0.25, 0.3) is 0 Å². The molecule has 0 spiro atoms. The van der Waals surface area contributed by atoms with Crippen LogP contribution in [-0.4, -0.2) is 37.2 Å². The standard InChI is InChI=1S/C20H24F2N2O2.ClH/c1-2-25-18-10-6-9-15(19(18)26-20(21)22)11-24-12-16(17(23)13-24)14-7-4-3-5-8-14;/h3-10,16-17,20H,2,11-13,23H2,1H3;1H/t16-,17+;/m0./s1. The van der Waals surface area contributed by atoms with E-state index >= 15 is 0 Å². The molecule has 1 fully saturated rings. The first kappa shape index (κ1) is 21.4. The number of hydrogen-bond acceptors (Lipinski definition) is 4. The third-order valence-corrected chi connectivity index (χ3v) is 4.63. The van der Waals surface area contributed by atoms with Gasteiger partial charge in [-0.25, -0.2) is 0 Å². The highest BCUT2D eigenvalue weighted by Gasteiger charge is 2.31. The summed E-state index contributed by atoms with van der Waals surface area (Å²) in [7, 11) is 0. The molecular weight excluding hydrogens is 374 g/mol. The summed E-state index contributed by atoms with van der Waals surface area (Å²) in [6, 6.07) is 15.4. The SMILES string of the molecule is CCOc1cccc(CN2C[C@@H](N)[C@H](c3ccccc3)C2)c1OC(F)F.Cl. The molecular formula is C20H25ClF2N2O2. The molecule has 2 aromatic rings. The van der Waals surface area contributed by atoms with Crippen LogP contribution >= 0.6 is 12.4 Å². The highest BCUT2D eigenvalue weighted by molar-refractivity contribution is 5.85. The van der Waals surface area contributed by atoms with Crippen molar-refractivity contribution in [3.05, 3.63) is 59.7 Å². The van der Waals surface area contributed by atoms with Gasteiger partial charge < -0.3 is 15.2 Å². The molecule has 0 aliphatic carbocycles. The van der Waals surface area contributed by atoms with E-state index in [2.05, 4.69) is 17.0 Å². The zero-order valence-corrected chi connectivity index (χ0v) is 16.0. The summed E-state index contributed by atoms with van der Waals surface area (Å²) in [6.07, 6.45) is 0. The largest absolute Gasteiger partial charge is 0.490 e. The number of rotatable bonds is 7.